The van der Waals surface area contributed by atoms with Crippen LogP contribution in [-0.2, 0) is 30.4 Å². The van der Waals surface area contributed by atoms with Crippen molar-refractivity contribution in [2.45, 2.75) is 34.6 Å². The summed E-state index contributed by atoms with van der Waals surface area (Å²) in [6, 6.07) is 0. The zero-order chi connectivity index (χ0) is 14.2. The fourth-order valence-electron chi connectivity index (χ4n) is 0.993. The van der Waals surface area contributed by atoms with E-state index >= 15 is 0 Å². The Morgan fingerprint density at radius 2 is 1.56 bits per heavy atom. The normalized spacial score (nSPS) is 12.2. The summed E-state index contributed by atoms with van der Waals surface area (Å²) in [6.07, 6.45) is 0.474. The van der Waals surface area contributed by atoms with Gasteiger partial charge in [-0.15, -0.1) is 0 Å². The first-order chi connectivity index (χ1) is 8.25. The Morgan fingerprint density at radius 1 is 1.11 bits per heavy atom. The fourth-order valence-corrected chi connectivity index (χ4v) is 3.28. The van der Waals surface area contributed by atoms with Gasteiger partial charge in [-0.3, -0.25) is 4.79 Å². The highest BCUT2D eigenvalue weighted by molar-refractivity contribution is 8.09. The van der Waals surface area contributed by atoms with Crippen LogP contribution in [0.3, 0.4) is 0 Å². The number of esters is 1. The number of rotatable bonds is 9. The molecule has 0 aliphatic heterocycles. The Hall–Kier alpha value is 0.0400. The number of hydrogen-bond donors (Lipinski definition) is 0. The van der Waals surface area contributed by atoms with Gasteiger partial charge in [0.15, 0.2) is 6.49 Å². The standard InChI is InChI=1S/C12H25O4PS/c1-10(2)8-15-17(18,16-9-11(3)4)7-6-14-12(5)13/h10-11H,6-9H2,1-5H3. The van der Waals surface area contributed by atoms with Gasteiger partial charge >= 0.3 is 5.97 Å². The van der Waals surface area contributed by atoms with Crippen LogP contribution < -0.4 is 0 Å². The van der Waals surface area contributed by atoms with Crippen LogP contribution in [-0.4, -0.2) is 32.0 Å². The molecule has 0 unspecified atom stereocenters. The van der Waals surface area contributed by atoms with Crippen LogP contribution in [0.15, 0.2) is 0 Å². The van der Waals surface area contributed by atoms with Gasteiger partial charge in [-0.2, -0.15) is 0 Å². The number of carbonyl (C=O) groups excluding carboxylic acids is 1. The molecular formula is C12H25O4PS. The summed E-state index contributed by atoms with van der Waals surface area (Å²) in [5.41, 5.74) is 0. The summed E-state index contributed by atoms with van der Waals surface area (Å²) in [4.78, 5) is 10.7. The Balaban J connectivity index is 4.29. The second-order valence-electron chi connectivity index (χ2n) is 5.05. The van der Waals surface area contributed by atoms with Crippen LogP contribution in [0.5, 0.6) is 0 Å². The van der Waals surface area contributed by atoms with E-state index in [-0.39, 0.29) is 12.6 Å². The summed E-state index contributed by atoms with van der Waals surface area (Å²) in [7, 11) is 0. The summed E-state index contributed by atoms with van der Waals surface area (Å²) in [5, 5.41) is 0. The van der Waals surface area contributed by atoms with E-state index in [0.29, 0.717) is 31.2 Å². The molecule has 0 atom stereocenters. The molecule has 4 nitrogen and oxygen atoms in total. The predicted octanol–water partition coefficient (Wildman–Crippen LogP) is 3.20. The quantitative estimate of drug-likeness (QED) is 0.483. The molecule has 0 radical (unpaired) electrons. The molecule has 0 N–H and O–H groups in total. The van der Waals surface area contributed by atoms with Gasteiger partial charge in [-0.25, -0.2) is 0 Å². The predicted molar refractivity (Wildman–Crippen MR) is 77.4 cm³/mol. The SMILES string of the molecule is CC(=O)OCCP(=S)(OCC(C)C)OCC(C)C. The topological polar surface area (TPSA) is 44.8 Å². The van der Waals surface area contributed by atoms with E-state index in [4.69, 9.17) is 25.6 Å². The van der Waals surface area contributed by atoms with E-state index in [1.807, 2.05) is 0 Å². The monoisotopic (exact) mass is 296 g/mol. The van der Waals surface area contributed by atoms with Crippen LogP contribution in [0.2, 0.25) is 0 Å². The highest BCUT2D eigenvalue weighted by atomic mass is 32.5. The number of hydrogen-bond acceptors (Lipinski definition) is 5. The van der Waals surface area contributed by atoms with Crippen molar-refractivity contribution in [2.75, 3.05) is 26.0 Å². The highest BCUT2D eigenvalue weighted by Gasteiger charge is 2.20. The molecule has 0 heterocycles. The number of carbonyl (C=O) groups is 1. The van der Waals surface area contributed by atoms with Crippen LogP contribution in [0.1, 0.15) is 34.6 Å². The molecular weight excluding hydrogens is 271 g/mol. The second-order valence-corrected chi connectivity index (χ2v) is 8.91. The lowest BCUT2D eigenvalue weighted by Gasteiger charge is -2.24. The van der Waals surface area contributed by atoms with Crippen molar-refractivity contribution in [3.05, 3.63) is 0 Å². The van der Waals surface area contributed by atoms with E-state index < -0.39 is 6.49 Å². The summed E-state index contributed by atoms with van der Waals surface area (Å²) in [5.74, 6) is 0.511. The molecule has 6 heteroatoms. The Morgan fingerprint density at radius 3 is 1.89 bits per heavy atom. The van der Waals surface area contributed by atoms with Crippen molar-refractivity contribution in [1.82, 2.24) is 0 Å². The highest BCUT2D eigenvalue weighted by Crippen LogP contribution is 2.49. The van der Waals surface area contributed by atoms with Crippen molar-refractivity contribution in [2.24, 2.45) is 11.8 Å². The average Bonchev–Trinajstić information content (AvgIpc) is 2.23. The zero-order valence-electron chi connectivity index (χ0n) is 12.0. The molecule has 108 valence electrons. The van der Waals surface area contributed by atoms with Crippen molar-refractivity contribution in [3.8, 4) is 0 Å². The van der Waals surface area contributed by atoms with Crippen LogP contribution in [0, 0.1) is 11.8 Å². The second kappa shape index (κ2) is 9.03. The third kappa shape index (κ3) is 10.0. The molecule has 0 spiro atoms. The van der Waals surface area contributed by atoms with Crippen molar-refractivity contribution >= 4 is 24.3 Å². The van der Waals surface area contributed by atoms with Crippen molar-refractivity contribution < 1.29 is 18.6 Å². The Kier molecular flexibility index (Phi) is 9.05. The molecule has 0 saturated heterocycles. The molecule has 0 amide bonds. The van der Waals surface area contributed by atoms with Gasteiger partial charge in [0.05, 0.1) is 19.4 Å². The van der Waals surface area contributed by atoms with Crippen LogP contribution in [0.25, 0.3) is 0 Å². The summed E-state index contributed by atoms with van der Waals surface area (Å²) in [6.45, 7) is 8.73. The molecule has 0 fully saturated rings. The molecule has 0 aromatic rings. The molecule has 0 aromatic heterocycles. The lowest BCUT2D eigenvalue weighted by atomic mass is 10.2. The maximum Gasteiger partial charge on any atom is 0.302 e. The average molecular weight is 296 g/mol. The van der Waals surface area contributed by atoms with E-state index in [1.54, 1.807) is 0 Å². The lowest BCUT2D eigenvalue weighted by Crippen LogP contribution is -2.12. The first kappa shape index (κ1) is 18.0. The smallest absolute Gasteiger partial charge is 0.302 e. The molecule has 0 saturated carbocycles. The largest absolute Gasteiger partial charge is 0.465 e. The fraction of sp³-hybridized carbons (Fsp3) is 0.917. The van der Waals surface area contributed by atoms with Gasteiger partial charge < -0.3 is 13.8 Å². The molecule has 0 aliphatic carbocycles. The molecule has 18 heavy (non-hydrogen) atoms. The van der Waals surface area contributed by atoms with Gasteiger partial charge in [0, 0.05) is 6.92 Å². The Labute approximate surface area is 116 Å². The first-order valence-corrected chi connectivity index (χ1v) is 9.09. The lowest BCUT2D eigenvalue weighted by molar-refractivity contribution is -0.140. The van der Waals surface area contributed by atoms with Crippen LogP contribution in [0.4, 0.5) is 0 Å². The number of ether oxygens (including phenoxy) is 1. The minimum Gasteiger partial charge on any atom is -0.465 e. The maximum atomic E-state index is 10.7. The summed E-state index contributed by atoms with van der Waals surface area (Å²) < 4.78 is 16.4. The summed E-state index contributed by atoms with van der Waals surface area (Å²) >= 11 is 5.47. The molecule has 0 bridgehead atoms. The third-order valence-corrected chi connectivity index (χ3v) is 4.88. The van der Waals surface area contributed by atoms with Crippen LogP contribution >= 0.6 is 6.49 Å². The van der Waals surface area contributed by atoms with Gasteiger partial charge in [-0.1, -0.05) is 27.7 Å². The minimum atomic E-state index is -2.33. The van der Waals surface area contributed by atoms with E-state index in [2.05, 4.69) is 27.7 Å². The Bertz CT molecular complexity index is 276. The van der Waals surface area contributed by atoms with Crippen molar-refractivity contribution in [3.63, 3.8) is 0 Å². The van der Waals surface area contributed by atoms with Gasteiger partial charge in [0.25, 0.3) is 0 Å². The van der Waals surface area contributed by atoms with Crippen molar-refractivity contribution in [1.29, 1.82) is 0 Å². The molecule has 0 aliphatic rings. The molecule has 0 aromatic carbocycles. The first-order valence-electron chi connectivity index (χ1n) is 6.26. The maximum absolute atomic E-state index is 10.7. The van der Waals surface area contributed by atoms with E-state index in [9.17, 15) is 4.79 Å². The minimum absolute atomic E-state index is 0.267. The van der Waals surface area contributed by atoms with Gasteiger partial charge in [0.2, 0.25) is 0 Å². The third-order valence-electron chi connectivity index (χ3n) is 1.88. The van der Waals surface area contributed by atoms with E-state index in [1.165, 1.54) is 6.92 Å². The van der Waals surface area contributed by atoms with E-state index in [0.717, 1.165) is 0 Å². The van der Waals surface area contributed by atoms with Gasteiger partial charge in [0.1, 0.15) is 6.61 Å². The van der Waals surface area contributed by atoms with Gasteiger partial charge in [-0.05, 0) is 23.6 Å². The zero-order valence-corrected chi connectivity index (χ0v) is 13.7. The molecule has 0 rings (SSSR count).